The van der Waals surface area contributed by atoms with Crippen molar-refractivity contribution in [3.05, 3.63) is 40.0 Å². The maximum atomic E-state index is 10.6. The summed E-state index contributed by atoms with van der Waals surface area (Å²) in [5, 5.41) is 17.4. The van der Waals surface area contributed by atoms with Gasteiger partial charge in [-0.15, -0.1) is 0 Å². The molecule has 8 heteroatoms. The van der Waals surface area contributed by atoms with Crippen molar-refractivity contribution >= 4 is 17.1 Å². The van der Waals surface area contributed by atoms with Crippen LogP contribution in [0.2, 0.25) is 0 Å². The van der Waals surface area contributed by atoms with E-state index in [2.05, 4.69) is 15.5 Å². The van der Waals surface area contributed by atoms with Crippen molar-refractivity contribution in [3.63, 3.8) is 0 Å². The molecule has 0 aliphatic heterocycles. The lowest BCUT2D eigenvalue weighted by atomic mass is 10.2. The van der Waals surface area contributed by atoms with E-state index in [-0.39, 0.29) is 11.4 Å². The Morgan fingerprint density at radius 2 is 2.32 bits per heavy atom. The highest BCUT2D eigenvalue weighted by Gasteiger charge is 2.11. The van der Waals surface area contributed by atoms with Crippen LogP contribution in [0.25, 0.3) is 0 Å². The molecule has 0 saturated heterocycles. The summed E-state index contributed by atoms with van der Waals surface area (Å²) in [7, 11) is 0. The van der Waals surface area contributed by atoms with E-state index in [9.17, 15) is 10.1 Å². The van der Waals surface area contributed by atoms with Crippen LogP contribution < -0.4 is 11.1 Å². The molecule has 0 spiro atoms. The molecule has 1 aromatic heterocycles. The molecule has 0 aliphatic carbocycles. The van der Waals surface area contributed by atoms with Crippen LogP contribution in [0.3, 0.4) is 0 Å². The van der Waals surface area contributed by atoms with Crippen LogP contribution in [0.4, 0.5) is 17.1 Å². The number of nitrogens with zero attached hydrogens (tertiary/aromatic N) is 3. The Labute approximate surface area is 108 Å². The lowest BCUT2D eigenvalue weighted by Gasteiger charge is -2.05. The first-order valence-corrected chi connectivity index (χ1v) is 5.63. The third kappa shape index (κ3) is 3.18. The Bertz CT molecular complexity index is 596. The first-order valence-electron chi connectivity index (χ1n) is 5.63. The van der Waals surface area contributed by atoms with Crippen molar-refractivity contribution in [2.24, 2.45) is 0 Å². The smallest absolute Gasteiger partial charge is 0.292 e. The topological polar surface area (TPSA) is 120 Å². The zero-order valence-corrected chi connectivity index (χ0v) is 10.3. The van der Waals surface area contributed by atoms with Crippen LogP contribution in [0.5, 0.6) is 0 Å². The fraction of sp³-hybridized carbons (Fsp3) is 0.273. The number of anilines is 2. The maximum absolute atomic E-state index is 10.6. The molecule has 2 rings (SSSR count). The van der Waals surface area contributed by atoms with E-state index in [1.165, 1.54) is 12.1 Å². The number of hydrogen-bond donors (Lipinski definition) is 2. The Hall–Kier alpha value is -2.64. The van der Waals surface area contributed by atoms with Gasteiger partial charge in [-0.05, 0) is 19.1 Å². The Balaban J connectivity index is 1.93. The Morgan fingerprint density at radius 3 is 2.89 bits per heavy atom. The molecule has 0 amide bonds. The first kappa shape index (κ1) is 12.8. The van der Waals surface area contributed by atoms with E-state index in [1.807, 2.05) is 0 Å². The number of nitrogen functional groups attached to an aromatic ring is 1. The van der Waals surface area contributed by atoms with E-state index in [0.717, 1.165) is 0 Å². The lowest BCUT2D eigenvalue weighted by molar-refractivity contribution is -0.383. The lowest BCUT2D eigenvalue weighted by Crippen LogP contribution is -2.06. The minimum atomic E-state index is -0.514. The molecule has 0 radical (unpaired) electrons. The standard InChI is InChI=1S/C11H13N5O3/c1-7-14-11(19-15-7)4-5-13-8-2-3-10(16(17)18)9(12)6-8/h2-3,6,13H,4-5,12H2,1H3. The number of benzene rings is 1. The second-order valence-electron chi connectivity index (χ2n) is 3.94. The molecule has 1 heterocycles. The molecule has 2 aromatic rings. The zero-order valence-electron chi connectivity index (χ0n) is 10.3. The van der Waals surface area contributed by atoms with E-state index in [1.54, 1.807) is 13.0 Å². The Kier molecular flexibility index (Phi) is 3.60. The van der Waals surface area contributed by atoms with Crippen molar-refractivity contribution in [1.82, 2.24) is 10.1 Å². The summed E-state index contributed by atoms with van der Waals surface area (Å²) in [4.78, 5) is 14.2. The highest BCUT2D eigenvalue weighted by atomic mass is 16.6. The molecule has 0 atom stereocenters. The van der Waals surface area contributed by atoms with E-state index < -0.39 is 4.92 Å². The fourth-order valence-electron chi connectivity index (χ4n) is 1.59. The molecule has 0 saturated carbocycles. The monoisotopic (exact) mass is 263 g/mol. The number of nitrogens with two attached hydrogens (primary N) is 1. The molecule has 0 aliphatic rings. The summed E-state index contributed by atoms with van der Waals surface area (Å²) in [6.07, 6.45) is 0.567. The van der Waals surface area contributed by atoms with Crippen LogP contribution in [0.15, 0.2) is 22.7 Å². The molecular weight excluding hydrogens is 250 g/mol. The third-order valence-corrected chi connectivity index (χ3v) is 2.46. The highest BCUT2D eigenvalue weighted by molar-refractivity contribution is 5.65. The SMILES string of the molecule is Cc1noc(CCNc2ccc([N+](=O)[O-])c(N)c2)n1. The number of rotatable bonds is 5. The predicted molar refractivity (Wildman–Crippen MR) is 68.7 cm³/mol. The molecule has 19 heavy (non-hydrogen) atoms. The van der Waals surface area contributed by atoms with Crippen LogP contribution in [-0.2, 0) is 6.42 Å². The first-order chi connectivity index (χ1) is 9.06. The molecule has 1 aromatic carbocycles. The summed E-state index contributed by atoms with van der Waals surface area (Å²) >= 11 is 0. The van der Waals surface area contributed by atoms with Crippen LogP contribution >= 0.6 is 0 Å². The van der Waals surface area contributed by atoms with E-state index in [0.29, 0.717) is 30.4 Å². The second kappa shape index (κ2) is 5.34. The van der Waals surface area contributed by atoms with Crippen LogP contribution in [-0.4, -0.2) is 21.6 Å². The average Bonchev–Trinajstić information content (AvgIpc) is 2.75. The van der Waals surface area contributed by atoms with Crippen LogP contribution in [0.1, 0.15) is 11.7 Å². The number of aryl methyl sites for hydroxylation is 1. The van der Waals surface area contributed by atoms with Gasteiger partial charge in [-0.2, -0.15) is 4.98 Å². The van der Waals surface area contributed by atoms with E-state index >= 15 is 0 Å². The second-order valence-corrected chi connectivity index (χ2v) is 3.94. The number of hydrogen-bond acceptors (Lipinski definition) is 7. The van der Waals surface area contributed by atoms with Gasteiger partial charge in [0.2, 0.25) is 5.89 Å². The van der Waals surface area contributed by atoms with Gasteiger partial charge in [0, 0.05) is 24.7 Å². The zero-order chi connectivity index (χ0) is 13.8. The molecular formula is C11H13N5O3. The number of nitro groups is 1. The summed E-state index contributed by atoms with van der Waals surface area (Å²) in [5.41, 5.74) is 6.32. The van der Waals surface area contributed by atoms with Gasteiger partial charge in [0.05, 0.1) is 4.92 Å². The molecule has 0 bridgehead atoms. The molecule has 0 unspecified atom stereocenters. The summed E-state index contributed by atoms with van der Waals surface area (Å²) in [6, 6.07) is 4.50. The van der Waals surface area contributed by atoms with Crippen molar-refractivity contribution in [1.29, 1.82) is 0 Å². The number of nitrogens with one attached hydrogen (secondary N) is 1. The largest absolute Gasteiger partial charge is 0.393 e. The normalized spacial score (nSPS) is 10.4. The van der Waals surface area contributed by atoms with Gasteiger partial charge in [0.1, 0.15) is 5.69 Å². The van der Waals surface area contributed by atoms with Crippen LogP contribution in [0, 0.1) is 17.0 Å². The van der Waals surface area contributed by atoms with Gasteiger partial charge < -0.3 is 15.6 Å². The summed E-state index contributed by atoms with van der Waals surface area (Å²) < 4.78 is 4.96. The van der Waals surface area contributed by atoms with Gasteiger partial charge in [0.15, 0.2) is 5.82 Å². The van der Waals surface area contributed by atoms with Crippen molar-refractivity contribution in [3.8, 4) is 0 Å². The van der Waals surface area contributed by atoms with Gasteiger partial charge in [-0.1, -0.05) is 5.16 Å². The number of nitro benzene ring substituents is 1. The van der Waals surface area contributed by atoms with Crippen molar-refractivity contribution < 1.29 is 9.45 Å². The van der Waals surface area contributed by atoms with Gasteiger partial charge in [0.25, 0.3) is 5.69 Å². The predicted octanol–water partition coefficient (Wildman–Crippen LogP) is 1.52. The molecule has 100 valence electrons. The summed E-state index contributed by atoms with van der Waals surface area (Å²) in [5.74, 6) is 1.13. The van der Waals surface area contributed by atoms with Gasteiger partial charge in [-0.3, -0.25) is 10.1 Å². The summed E-state index contributed by atoms with van der Waals surface area (Å²) in [6.45, 7) is 2.32. The van der Waals surface area contributed by atoms with Gasteiger partial charge >= 0.3 is 0 Å². The minimum Gasteiger partial charge on any atom is -0.393 e. The molecule has 3 N–H and O–H groups in total. The average molecular weight is 263 g/mol. The van der Waals surface area contributed by atoms with Gasteiger partial charge in [-0.25, -0.2) is 0 Å². The van der Waals surface area contributed by atoms with E-state index in [4.69, 9.17) is 10.3 Å². The molecule has 0 fully saturated rings. The van der Waals surface area contributed by atoms with Crippen molar-refractivity contribution in [2.75, 3.05) is 17.6 Å². The number of aromatic nitrogens is 2. The quantitative estimate of drug-likeness (QED) is 0.476. The Morgan fingerprint density at radius 1 is 1.53 bits per heavy atom. The van der Waals surface area contributed by atoms with Crippen molar-refractivity contribution in [2.45, 2.75) is 13.3 Å². The molecule has 8 nitrogen and oxygen atoms in total. The maximum Gasteiger partial charge on any atom is 0.292 e. The fourth-order valence-corrected chi connectivity index (χ4v) is 1.59. The third-order valence-electron chi connectivity index (χ3n) is 2.46. The minimum absolute atomic E-state index is 0.0990. The highest BCUT2D eigenvalue weighted by Crippen LogP contribution is 2.24.